The predicted octanol–water partition coefficient (Wildman–Crippen LogP) is 1.61. The summed E-state index contributed by atoms with van der Waals surface area (Å²) < 4.78 is 7.63. The molecular weight excluding hydrogens is 240 g/mol. The average Bonchev–Trinajstić information content (AvgIpc) is 3.13. The monoisotopic (exact) mass is 258 g/mol. The molecule has 1 saturated carbocycles. The second kappa shape index (κ2) is 5.84. The smallest absolute Gasteiger partial charge is 0.137 e. The summed E-state index contributed by atoms with van der Waals surface area (Å²) in [6, 6.07) is 4.71. The Bertz CT molecular complexity index is 491. The Morgan fingerprint density at radius 3 is 3.00 bits per heavy atom. The van der Waals surface area contributed by atoms with E-state index in [1.54, 1.807) is 18.7 Å². The van der Waals surface area contributed by atoms with Crippen molar-refractivity contribution < 1.29 is 4.74 Å². The standard InChI is InChI=1S/C14H18N4O/c1-2-12(1)16-9-13-3-4-14(10-17-13)19-8-7-18-6-5-15-11-18/h3-6,10-12,16H,1-2,7-9H2. The lowest BCUT2D eigenvalue weighted by molar-refractivity contribution is 0.297. The maximum atomic E-state index is 5.64. The molecule has 3 rings (SSSR count). The minimum Gasteiger partial charge on any atom is -0.490 e. The molecule has 1 aliphatic rings. The molecule has 0 atom stereocenters. The molecule has 0 aliphatic heterocycles. The number of aromatic nitrogens is 3. The molecule has 0 unspecified atom stereocenters. The second-order valence-corrected chi connectivity index (χ2v) is 4.79. The molecule has 0 aromatic carbocycles. The molecule has 19 heavy (non-hydrogen) atoms. The summed E-state index contributed by atoms with van der Waals surface area (Å²) in [5.41, 5.74) is 1.06. The van der Waals surface area contributed by atoms with Gasteiger partial charge in [0.25, 0.3) is 0 Å². The van der Waals surface area contributed by atoms with Crippen LogP contribution in [0.5, 0.6) is 5.75 Å². The minimum atomic E-state index is 0.623. The molecule has 0 saturated heterocycles. The maximum absolute atomic E-state index is 5.64. The number of rotatable bonds is 7. The maximum Gasteiger partial charge on any atom is 0.137 e. The number of pyridine rings is 1. The zero-order valence-electron chi connectivity index (χ0n) is 10.8. The lowest BCUT2D eigenvalue weighted by Crippen LogP contribution is -2.16. The Labute approximate surface area is 112 Å². The molecule has 0 radical (unpaired) electrons. The Hall–Kier alpha value is -1.88. The number of nitrogens with zero attached hydrogens (tertiary/aromatic N) is 3. The van der Waals surface area contributed by atoms with Crippen LogP contribution in [0.4, 0.5) is 0 Å². The first-order valence-electron chi connectivity index (χ1n) is 6.67. The van der Waals surface area contributed by atoms with Gasteiger partial charge in [-0.25, -0.2) is 4.98 Å². The molecule has 0 bridgehead atoms. The van der Waals surface area contributed by atoms with Crippen LogP contribution in [-0.4, -0.2) is 27.2 Å². The molecule has 0 amide bonds. The molecular formula is C14H18N4O. The van der Waals surface area contributed by atoms with E-state index >= 15 is 0 Å². The Morgan fingerprint density at radius 1 is 1.37 bits per heavy atom. The summed E-state index contributed by atoms with van der Waals surface area (Å²) in [4.78, 5) is 8.37. The van der Waals surface area contributed by atoms with E-state index in [9.17, 15) is 0 Å². The van der Waals surface area contributed by atoms with Gasteiger partial charge in [-0.2, -0.15) is 0 Å². The van der Waals surface area contributed by atoms with Gasteiger partial charge in [-0.15, -0.1) is 0 Å². The van der Waals surface area contributed by atoms with Crippen molar-refractivity contribution in [2.75, 3.05) is 6.61 Å². The molecule has 5 heteroatoms. The number of hydrogen-bond acceptors (Lipinski definition) is 4. The lowest BCUT2D eigenvalue weighted by Gasteiger charge is -2.07. The first-order valence-corrected chi connectivity index (χ1v) is 6.67. The van der Waals surface area contributed by atoms with Crippen LogP contribution in [0.1, 0.15) is 18.5 Å². The molecule has 0 spiro atoms. The highest BCUT2D eigenvalue weighted by Crippen LogP contribution is 2.19. The van der Waals surface area contributed by atoms with Crippen LogP contribution in [0.3, 0.4) is 0 Å². The largest absolute Gasteiger partial charge is 0.490 e. The van der Waals surface area contributed by atoms with Crippen molar-refractivity contribution in [2.24, 2.45) is 0 Å². The normalized spacial score (nSPS) is 14.5. The van der Waals surface area contributed by atoms with E-state index in [4.69, 9.17) is 4.74 Å². The van der Waals surface area contributed by atoms with Crippen LogP contribution in [0.15, 0.2) is 37.1 Å². The molecule has 5 nitrogen and oxygen atoms in total. The van der Waals surface area contributed by atoms with Crippen LogP contribution in [0.25, 0.3) is 0 Å². The topological polar surface area (TPSA) is 52.0 Å². The van der Waals surface area contributed by atoms with Crippen LogP contribution in [0, 0.1) is 0 Å². The van der Waals surface area contributed by atoms with E-state index in [1.807, 2.05) is 22.9 Å². The number of imidazole rings is 1. The van der Waals surface area contributed by atoms with E-state index < -0.39 is 0 Å². The Kier molecular flexibility index (Phi) is 3.74. The van der Waals surface area contributed by atoms with Gasteiger partial charge in [0, 0.05) is 25.0 Å². The molecule has 1 fully saturated rings. The highest BCUT2D eigenvalue weighted by atomic mass is 16.5. The third kappa shape index (κ3) is 3.79. The van der Waals surface area contributed by atoms with Gasteiger partial charge in [0.15, 0.2) is 0 Å². The van der Waals surface area contributed by atoms with Gasteiger partial charge in [-0.05, 0) is 25.0 Å². The molecule has 2 aromatic heterocycles. The number of hydrogen-bond donors (Lipinski definition) is 1. The summed E-state index contributed by atoms with van der Waals surface area (Å²) in [7, 11) is 0. The molecule has 2 aromatic rings. The van der Waals surface area contributed by atoms with E-state index in [1.165, 1.54) is 12.8 Å². The fourth-order valence-corrected chi connectivity index (χ4v) is 1.83. The van der Waals surface area contributed by atoms with Crippen molar-refractivity contribution in [3.05, 3.63) is 42.7 Å². The second-order valence-electron chi connectivity index (χ2n) is 4.79. The third-order valence-corrected chi connectivity index (χ3v) is 3.12. The van der Waals surface area contributed by atoms with Crippen molar-refractivity contribution in [1.29, 1.82) is 0 Å². The van der Waals surface area contributed by atoms with Gasteiger partial charge in [0.05, 0.1) is 24.8 Å². The molecule has 1 aliphatic carbocycles. The highest BCUT2D eigenvalue weighted by Gasteiger charge is 2.19. The van der Waals surface area contributed by atoms with Gasteiger partial charge in [0.2, 0.25) is 0 Å². The zero-order chi connectivity index (χ0) is 12.9. The quantitative estimate of drug-likeness (QED) is 0.819. The van der Waals surface area contributed by atoms with Crippen LogP contribution >= 0.6 is 0 Å². The van der Waals surface area contributed by atoms with Gasteiger partial charge >= 0.3 is 0 Å². The molecule has 100 valence electrons. The fraction of sp³-hybridized carbons (Fsp3) is 0.429. The average molecular weight is 258 g/mol. The summed E-state index contributed by atoms with van der Waals surface area (Å²) >= 11 is 0. The summed E-state index contributed by atoms with van der Waals surface area (Å²) in [6.07, 6.45) is 9.87. The molecule has 1 N–H and O–H groups in total. The van der Waals surface area contributed by atoms with Crippen LogP contribution in [0.2, 0.25) is 0 Å². The first-order chi connectivity index (χ1) is 9.40. The fourth-order valence-electron chi connectivity index (χ4n) is 1.83. The van der Waals surface area contributed by atoms with Crippen molar-refractivity contribution in [3.8, 4) is 5.75 Å². The zero-order valence-corrected chi connectivity index (χ0v) is 10.8. The van der Waals surface area contributed by atoms with Crippen molar-refractivity contribution >= 4 is 0 Å². The first kappa shape index (κ1) is 12.2. The van der Waals surface area contributed by atoms with Gasteiger partial charge < -0.3 is 14.6 Å². The van der Waals surface area contributed by atoms with Crippen molar-refractivity contribution in [1.82, 2.24) is 19.9 Å². The summed E-state index contributed by atoms with van der Waals surface area (Å²) in [6.45, 7) is 2.27. The van der Waals surface area contributed by atoms with E-state index in [2.05, 4.69) is 15.3 Å². The van der Waals surface area contributed by atoms with E-state index in [-0.39, 0.29) is 0 Å². The Morgan fingerprint density at radius 2 is 2.32 bits per heavy atom. The minimum absolute atomic E-state index is 0.623. The summed E-state index contributed by atoms with van der Waals surface area (Å²) in [5, 5.41) is 3.44. The third-order valence-electron chi connectivity index (χ3n) is 3.12. The lowest BCUT2D eigenvalue weighted by atomic mass is 10.3. The molecule has 2 heterocycles. The van der Waals surface area contributed by atoms with E-state index in [0.29, 0.717) is 12.6 Å². The van der Waals surface area contributed by atoms with E-state index in [0.717, 1.165) is 24.5 Å². The number of nitrogens with one attached hydrogen (secondary N) is 1. The van der Waals surface area contributed by atoms with Gasteiger partial charge in [0.1, 0.15) is 12.4 Å². The predicted molar refractivity (Wildman–Crippen MR) is 71.8 cm³/mol. The van der Waals surface area contributed by atoms with Crippen LogP contribution in [-0.2, 0) is 13.1 Å². The summed E-state index contributed by atoms with van der Waals surface area (Å²) in [5.74, 6) is 0.815. The van der Waals surface area contributed by atoms with Crippen molar-refractivity contribution in [3.63, 3.8) is 0 Å². The highest BCUT2D eigenvalue weighted by molar-refractivity contribution is 5.19. The van der Waals surface area contributed by atoms with Crippen molar-refractivity contribution in [2.45, 2.75) is 32.0 Å². The number of ether oxygens (including phenoxy) is 1. The van der Waals surface area contributed by atoms with Gasteiger partial charge in [-0.1, -0.05) is 0 Å². The Balaban J connectivity index is 1.42. The van der Waals surface area contributed by atoms with Crippen LogP contribution < -0.4 is 10.1 Å². The SMILES string of the molecule is c1cn(CCOc2ccc(CNC3CC3)nc2)cn1. The van der Waals surface area contributed by atoms with Gasteiger partial charge in [-0.3, -0.25) is 4.98 Å².